The van der Waals surface area contributed by atoms with E-state index < -0.39 is 11.9 Å². The first-order chi connectivity index (χ1) is 9.54. The molecular weight excluding hydrogens is 258 g/mol. The van der Waals surface area contributed by atoms with Gasteiger partial charge in [-0.3, -0.25) is 9.48 Å². The summed E-state index contributed by atoms with van der Waals surface area (Å²) in [5.74, 6) is -1.25. The van der Waals surface area contributed by atoms with Crippen LogP contribution in [0.3, 0.4) is 0 Å². The molecule has 2 N–H and O–H groups in total. The molecule has 6 heteroatoms. The number of hydrogen-bond acceptors (Lipinski definition) is 4. The number of methoxy groups -OCH3 is 1. The van der Waals surface area contributed by atoms with Crippen LogP contribution >= 0.6 is 0 Å². The number of nitrogens with two attached hydrogens (primary N) is 1. The second-order valence-electron chi connectivity index (χ2n) is 4.30. The Labute approximate surface area is 116 Å². The van der Waals surface area contributed by atoms with Gasteiger partial charge in [0.25, 0.3) is 5.91 Å². The van der Waals surface area contributed by atoms with Crippen LogP contribution < -0.4 is 5.73 Å². The highest BCUT2D eigenvalue weighted by atomic mass is 16.5. The average Bonchev–Trinajstić information content (AvgIpc) is 2.92. The number of primary amides is 1. The van der Waals surface area contributed by atoms with E-state index in [1.165, 1.54) is 17.9 Å². The summed E-state index contributed by atoms with van der Waals surface area (Å²) in [6.07, 6.45) is 0. The Morgan fingerprint density at radius 2 is 1.95 bits per heavy atom. The molecular formula is C14H15N3O3. The Kier molecular flexibility index (Phi) is 3.84. The minimum Gasteiger partial charge on any atom is -0.464 e. The van der Waals surface area contributed by atoms with Gasteiger partial charge in [-0.15, -0.1) is 0 Å². The van der Waals surface area contributed by atoms with E-state index in [4.69, 9.17) is 10.5 Å². The third kappa shape index (κ3) is 2.54. The average molecular weight is 273 g/mol. The van der Waals surface area contributed by atoms with E-state index in [2.05, 4.69) is 5.10 Å². The second kappa shape index (κ2) is 5.56. The van der Waals surface area contributed by atoms with Crippen molar-refractivity contribution in [3.63, 3.8) is 0 Å². The monoisotopic (exact) mass is 273 g/mol. The van der Waals surface area contributed by atoms with Gasteiger partial charge >= 0.3 is 5.97 Å². The molecule has 1 unspecified atom stereocenters. The van der Waals surface area contributed by atoms with Crippen molar-refractivity contribution in [3.05, 3.63) is 53.3 Å². The van der Waals surface area contributed by atoms with Crippen LogP contribution in [0.25, 0.3) is 0 Å². The van der Waals surface area contributed by atoms with Crippen LogP contribution in [0.5, 0.6) is 0 Å². The third-order valence-corrected chi connectivity index (χ3v) is 3.03. The lowest BCUT2D eigenvalue weighted by molar-refractivity contribution is 0.0585. The highest BCUT2D eigenvalue weighted by molar-refractivity contribution is 5.95. The van der Waals surface area contributed by atoms with Gasteiger partial charge in [0.1, 0.15) is 5.69 Å². The predicted molar refractivity (Wildman–Crippen MR) is 72.3 cm³/mol. The molecule has 0 saturated carbocycles. The molecule has 0 fully saturated rings. The summed E-state index contributed by atoms with van der Waals surface area (Å²) in [4.78, 5) is 23.0. The Balaban J connectivity index is 2.49. The largest absolute Gasteiger partial charge is 0.464 e. The molecule has 1 amide bonds. The number of aromatic nitrogens is 2. The number of ether oxygens (including phenoxy) is 1. The maximum atomic E-state index is 11.8. The van der Waals surface area contributed by atoms with Crippen molar-refractivity contribution in [3.8, 4) is 0 Å². The van der Waals surface area contributed by atoms with Crippen LogP contribution in [0, 0.1) is 0 Å². The molecule has 104 valence electrons. The summed E-state index contributed by atoms with van der Waals surface area (Å²) in [5, 5.41) is 4.10. The van der Waals surface area contributed by atoms with E-state index in [0.29, 0.717) is 0 Å². The maximum absolute atomic E-state index is 11.8. The molecule has 0 radical (unpaired) electrons. The zero-order valence-corrected chi connectivity index (χ0v) is 11.2. The zero-order chi connectivity index (χ0) is 14.7. The van der Waals surface area contributed by atoms with Crippen LogP contribution in [0.4, 0.5) is 0 Å². The van der Waals surface area contributed by atoms with E-state index >= 15 is 0 Å². The first kappa shape index (κ1) is 13.8. The van der Waals surface area contributed by atoms with Crippen molar-refractivity contribution < 1.29 is 14.3 Å². The zero-order valence-electron chi connectivity index (χ0n) is 11.2. The van der Waals surface area contributed by atoms with E-state index in [0.717, 1.165) is 5.56 Å². The lowest BCUT2D eigenvalue weighted by Gasteiger charge is -2.15. The van der Waals surface area contributed by atoms with Crippen LogP contribution in [-0.2, 0) is 4.74 Å². The van der Waals surface area contributed by atoms with Gasteiger partial charge < -0.3 is 10.5 Å². The molecule has 1 aromatic carbocycles. The van der Waals surface area contributed by atoms with Gasteiger partial charge in [0, 0.05) is 6.07 Å². The normalized spacial score (nSPS) is 11.9. The van der Waals surface area contributed by atoms with E-state index in [-0.39, 0.29) is 17.4 Å². The maximum Gasteiger partial charge on any atom is 0.356 e. The first-order valence-electron chi connectivity index (χ1n) is 6.07. The number of esters is 1. The van der Waals surface area contributed by atoms with Crippen molar-refractivity contribution in [1.29, 1.82) is 0 Å². The first-order valence-corrected chi connectivity index (χ1v) is 6.07. The molecule has 0 spiro atoms. The molecule has 1 atom stereocenters. The summed E-state index contributed by atoms with van der Waals surface area (Å²) < 4.78 is 6.15. The standard InChI is InChI=1S/C14H15N3O3/c1-9(10-6-4-3-5-7-10)17-12(14(19)20-2)8-11(16-17)13(15)18/h3-9H,1-2H3,(H2,15,18). The smallest absolute Gasteiger partial charge is 0.356 e. The van der Waals surface area contributed by atoms with Gasteiger partial charge in [-0.25, -0.2) is 4.79 Å². The van der Waals surface area contributed by atoms with E-state index in [1.54, 1.807) is 0 Å². The van der Waals surface area contributed by atoms with E-state index in [9.17, 15) is 9.59 Å². The number of hydrogen-bond donors (Lipinski definition) is 1. The van der Waals surface area contributed by atoms with Crippen LogP contribution in [0.2, 0.25) is 0 Å². The topological polar surface area (TPSA) is 87.2 Å². The SMILES string of the molecule is COC(=O)c1cc(C(N)=O)nn1C(C)c1ccccc1. The Bertz CT molecular complexity index is 634. The Hall–Kier alpha value is -2.63. The molecule has 0 aliphatic heterocycles. The molecule has 0 bridgehead atoms. The number of rotatable bonds is 4. The van der Waals surface area contributed by atoms with Gasteiger partial charge in [0.2, 0.25) is 0 Å². The van der Waals surface area contributed by atoms with Crippen LogP contribution in [-0.4, -0.2) is 28.8 Å². The second-order valence-corrected chi connectivity index (χ2v) is 4.30. The fourth-order valence-electron chi connectivity index (χ4n) is 1.94. The summed E-state index contributed by atoms with van der Waals surface area (Å²) >= 11 is 0. The van der Waals surface area contributed by atoms with Gasteiger partial charge in [-0.2, -0.15) is 5.10 Å². The van der Waals surface area contributed by atoms with Gasteiger partial charge in [-0.05, 0) is 12.5 Å². The predicted octanol–water partition coefficient (Wildman–Crippen LogP) is 1.38. The Morgan fingerprint density at radius 3 is 2.50 bits per heavy atom. The van der Waals surface area contributed by atoms with Crippen LogP contribution in [0.15, 0.2) is 36.4 Å². The van der Waals surface area contributed by atoms with Crippen molar-refractivity contribution in [1.82, 2.24) is 9.78 Å². The van der Waals surface area contributed by atoms with Gasteiger partial charge in [-0.1, -0.05) is 30.3 Å². The van der Waals surface area contributed by atoms with Crippen LogP contribution in [0.1, 0.15) is 39.5 Å². The van der Waals surface area contributed by atoms with Gasteiger partial charge in [0.05, 0.1) is 13.2 Å². The molecule has 2 rings (SSSR count). The molecule has 0 saturated heterocycles. The molecule has 20 heavy (non-hydrogen) atoms. The summed E-state index contributed by atoms with van der Waals surface area (Å²) in [6, 6.07) is 10.6. The molecule has 1 aromatic heterocycles. The van der Waals surface area contributed by atoms with E-state index in [1.807, 2.05) is 37.3 Å². The summed E-state index contributed by atoms with van der Waals surface area (Å²) in [6.45, 7) is 1.87. The number of benzene rings is 1. The van der Waals surface area contributed by atoms with Crippen molar-refractivity contribution in [2.45, 2.75) is 13.0 Å². The molecule has 2 aromatic rings. The molecule has 0 aliphatic carbocycles. The number of amides is 1. The van der Waals surface area contributed by atoms with Crippen molar-refractivity contribution in [2.75, 3.05) is 7.11 Å². The molecule has 1 heterocycles. The lowest BCUT2D eigenvalue weighted by atomic mass is 10.1. The van der Waals surface area contributed by atoms with Crippen molar-refractivity contribution in [2.24, 2.45) is 5.73 Å². The summed E-state index contributed by atoms with van der Waals surface area (Å²) in [7, 11) is 1.27. The summed E-state index contributed by atoms with van der Waals surface area (Å²) in [5.41, 5.74) is 6.39. The fraction of sp³-hybridized carbons (Fsp3) is 0.214. The Morgan fingerprint density at radius 1 is 1.30 bits per heavy atom. The number of carbonyl (C=O) groups excluding carboxylic acids is 2. The number of carbonyl (C=O) groups is 2. The quantitative estimate of drug-likeness (QED) is 0.852. The number of nitrogens with zero attached hydrogens (tertiary/aromatic N) is 2. The van der Waals surface area contributed by atoms with Gasteiger partial charge in [0.15, 0.2) is 5.69 Å². The minimum absolute atomic E-state index is 0.0354. The molecule has 0 aliphatic rings. The third-order valence-electron chi connectivity index (χ3n) is 3.03. The highest BCUT2D eigenvalue weighted by Crippen LogP contribution is 2.20. The fourth-order valence-corrected chi connectivity index (χ4v) is 1.94. The lowest BCUT2D eigenvalue weighted by Crippen LogP contribution is -2.17. The van der Waals surface area contributed by atoms with Crippen molar-refractivity contribution >= 4 is 11.9 Å². The highest BCUT2D eigenvalue weighted by Gasteiger charge is 2.22. The minimum atomic E-state index is -0.686. The molecule has 6 nitrogen and oxygen atoms in total.